The summed E-state index contributed by atoms with van der Waals surface area (Å²) < 4.78 is 0. The molecule has 0 spiro atoms. The first kappa shape index (κ1) is 16.0. The van der Waals surface area contributed by atoms with E-state index >= 15 is 0 Å². The van der Waals surface area contributed by atoms with Crippen molar-refractivity contribution < 1.29 is 19.8 Å². The zero-order valence-corrected chi connectivity index (χ0v) is 11.8. The van der Waals surface area contributed by atoms with Gasteiger partial charge < -0.3 is 15.1 Å². The molecule has 0 aliphatic heterocycles. The minimum atomic E-state index is -0.799. The van der Waals surface area contributed by atoms with Gasteiger partial charge in [-0.2, -0.15) is 0 Å². The lowest BCUT2D eigenvalue weighted by Crippen LogP contribution is -2.44. The smallest absolute Gasteiger partial charge is 0.306 e. The molecule has 0 aromatic carbocycles. The fourth-order valence-corrected chi connectivity index (χ4v) is 2.97. The lowest BCUT2D eigenvalue weighted by Gasteiger charge is -2.32. The summed E-state index contributed by atoms with van der Waals surface area (Å²) in [5.74, 6) is -1.35. The van der Waals surface area contributed by atoms with E-state index in [0.29, 0.717) is 25.8 Å². The van der Waals surface area contributed by atoms with E-state index in [0.717, 1.165) is 12.8 Å². The summed E-state index contributed by atoms with van der Waals surface area (Å²) in [6.07, 6.45) is 3.39. The molecule has 1 rings (SSSR count). The van der Waals surface area contributed by atoms with Crippen molar-refractivity contribution in [2.24, 2.45) is 11.8 Å². The van der Waals surface area contributed by atoms with Gasteiger partial charge in [-0.1, -0.05) is 13.8 Å². The Morgan fingerprint density at radius 2 is 1.79 bits per heavy atom. The van der Waals surface area contributed by atoms with Crippen molar-refractivity contribution in [2.75, 3.05) is 13.2 Å². The van der Waals surface area contributed by atoms with Gasteiger partial charge in [-0.25, -0.2) is 0 Å². The van der Waals surface area contributed by atoms with E-state index in [1.165, 1.54) is 0 Å². The molecule has 2 N–H and O–H groups in total. The number of nitrogens with zero attached hydrogens (tertiary/aromatic N) is 1. The van der Waals surface area contributed by atoms with Crippen LogP contribution in [-0.4, -0.2) is 46.2 Å². The van der Waals surface area contributed by atoms with Crippen molar-refractivity contribution >= 4 is 11.9 Å². The van der Waals surface area contributed by atoms with Crippen LogP contribution in [-0.2, 0) is 9.59 Å². The number of hydrogen-bond donors (Lipinski definition) is 2. The first-order valence-electron chi connectivity index (χ1n) is 7.19. The Balaban J connectivity index is 2.69. The molecule has 0 aromatic rings. The maximum atomic E-state index is 12.5. The average molecular weight is 271 g/mol. The standard InChI is InChI=1S/C14H25NO4/c1-3-12(4-2)15(7-8-16)13(17)10-5-6-11(9-10)14(18)19/h10-12,16H,3-9H2,1-2H3,(H,18,19)/t10-,11+/m1/s1. The van der Waals surface area contributed by atoms with Crippen molar-refractivity contribution in [1.29, 1.82) is 0 Å². The highest BCUT2D eigenvalue weighted by Crippen LogP contribution is 2.33. The molecular formula is C14H25NO4. The zero-order chi connectivity index (χ0) is 14.4. The van der Waals surface area contributed by atoms with Gasteiger partial charge in [0, 0.05) is 18.5 Å². The van der Waals surface area contributed by atoms with E-state index in [9.17, 15) is 9.59 Å². The molecule has 0 unspecified atom stereocenters. The van der Waals surface area contributed by atoms with Crippen molar-refractivity contribution in [3.8, 4) is 0 Å². The van der Waals surface area contributed by atoms with Crippen molar-refractivity contribution in [1.82, 2.24) is 4.90 Å². The summed E-state index contributed by atoms with van der Waals surface area (Å²) >= 11 is 0. The monoisotopic (exact) mass is 271 g/mol. The number of carboxylic acid groups (broad SMARTS) is 1. The SMILES string of the molecule is CCC(CC)N(CCO)C(=O)[C@@H]1CC[C@H](C(=O)O)C1. The van der Waals surface area contributed by atoms with Crippen LogP contribution in [0.4, 0.5) is 0 Å². The number of aliphatic carboxylic acids is 1. The molecule has 0 aromatic heterocycles. The third-order valence-electron chi connectivity index (χ3n) is 4.14. The summed E-state index contributed by atoms with van der Waals surface area (Å²) in [5.41, 5.74) is 0. The summed E-state index contributed by atoms with van der Waals surface area (Å²) in [4.78, 5) is 25.2. The molecule has 5 heteroatoms. The van der Waals surface area contributed by atoms with Gasteiger partial charge >= 0.3 is 5.97 Å². The highest BCUT2D eigenvalue weighted by Gasteiger charge is 2.36. The Morgan fingerprint density at radius 3 is 2.21 bits per heavy atom. The quantitative estimate of drug-likeness (QED) is 0.735. The number of carboxylic acids is 1. The Kier molecular flexibility index (Phi) is 6.28. The molecule has 1 amide bonds. The fourth-order valence-electron chi connectivity index (χ4n) is 2.97. The van der Waals surface area contributed by atoms with E-state index < -0.39 is 5.97 Å². The Hall–Kier alpha value is -1.10. The second kappa shape index (κ2) is 7.48. The molecule has 0 heterocycles. The third kappa shape index (κ3) is 3.93. The van der Waals surface area contributed by atoms with Crippen molar-refractivity contribution in [3.63, 3.8) is 0 Å². The van der Waals surface area contributed by atoms with Crippen LogP contribution in [0.2, 0.25) is 0 Å². The molecule has 1 saturated carbocycles. The largest absolute Gasteiger partial charge is 0.481 e. The molecule has 110 valence electrons. The number of rotatable bonds is 7. The Morgan fingerprint density at radius 1 is 1.21 bits per heavy atom. The maximum absolute atomic E-state index is 12.5. The van der Waals surface area contributed by atoms with Gasteiger partial charge in [-0.15, -0.1) is 0 Å². The minimum absolute atomic E-state index is 0.0199. The molecule has 1 fully saturated rings. The molecule has 19 heavy (non-hydrogen) atoms. The van der Waals surface area contributed by atoms with Crippen LogP contribution >= 0.6 is 0 Å². The normalized spacial score (nSPS) is 22.7. The molecule has 1 aliphatic carbocycles. The highest BCUT2D eigenvalue weighted by atomic mass is 16.4. The molecular weight excluding hydrogens is 246 g/mol. The zero-order valence-electron chi connectivity index (χ0n) is 11.8. The fraction of sp³-hybridized carbons (Fsp3) is 0.857. The average Bonchev–Trinajstić information content (AvgIpc) is 2.88. The van der Waals surface area contributed by atoms with Gasteiger partial charge in [0.25, 0.3) is 0 Å². The summed E-state index contributed by atoms with van der Waals surface area (Å²) in [6, 6.07) is 0.142. The number of hydrogen-bond acceptors (Lipinski definition) is 3. The van der Waals surface area contributed by atoms with E-state index in [1.807, 2.05) is 13.8 Å². The van der Waals surface area contributed by atoms with Gasteiger partial charge in [-0.05, 0) is 32.1 Å². The maximum Gasteiger partial charge on any atom is 0.306 e. The van der Waals surface area contributed by atoms with Crippen molar-refractivity contribution in [2.45, 2.75) is 52.0 Å². The Labute approximate surface area is 114 Å². The van der Waals surface area contributed by atoms with Crippen LogP contribution in [0.3, 0.4) is 0 Å². The number of carbonyl (C=O) groups is 2. The van der Waals surface area contributed by atoms with E-state index in [4.69, 9.17) is 10.2 Å². The number of aliphatic hydroxyl groups is 1. The first-order chi connectivity index (χ1) is 9.04. The van der Waals surface area contributed by atoms with Crippen LogP contribution in [0, 0.1) is 11.8 Å². The van der Waals surface area contributed by atoms with Gasteiger partial charge in [-0.3, -0.25) is 9.59 Å². The van der Waals surface area contributed by atoms with Crippen LogP contribution in [0.15, 0.2) is 0 Å². The van der Waals surface area contributed by atoms with E-state index in [1.54, 1.807) is 4.90 Å². The second-order valence-corrected chi connectivity index (χ2v) is 5.27. The predicted molar refractivity (Wildman–Crippen MR) is 71.6 cm³/mol. The van der Waals surface area contributed by atoms with Crippen LogP contribution in [0.5, 0.6) is 0 Å². The van der Waals surface area contributed by atoms with Crippen LogP contribution < -0.4 is 0 Å². The molecule has 2 atom stereocenters. The molecule has 5 nitrogen and oxygen atoms in total. The topological polar surface area (TPSA) is 77.8 Å². The highest BCUT2D eigenvalue weighted by molar-refractivity contribution is 5.81. The van der Waals surface area contributed by atoms with Gasteiger partial charge in [0.05, 0.1) is 12.5 Å². The summed E-state index contributed by atoms with van der Waals surface area (Å²) in [5, 5.41) is 18.1. The number of carbonyl (C=O) groups excluding carboxylic acids is 1. The molecule has 0 radical (unpaired) electrons. The Bertz CT molecular complexity index is 315. The van der Waals surface area contributed by atoms with Crippen molar-refractivity contribution in [3.05, 3.63) is 0 Å². The predicted octanol–water partition coefficient (Wildman–Crippen LogP) is 1.50. The van der Waals surface area contributed by atoms with Gasteiger partial charge in [0.1, 0.15) is 0 Å². The van der Waals surface area contributed by atoms with Crippen LogP contribution in [0.25, 0.3) is 0 Å². The first-order valence-corrected chi connectivity index (χ1v) is 7.19. The summed E-state index contributed by atoms with van der Waals surface area (Å²) in [7, 11) is 0. The molecule has 0 bridgehead atoms. The lowest BCUT2D eigenvalue weighted by atomic mass is 10.0. The van der Waals surface area contributed by atoms with Gasteiger partial charge in [0.15, 0.2) is 0 Å². The summed E-state index contributed by atoms with van der Waals surface area (Å²) in [6.45, 7) is 4.36. The lowest BCUT2D eigenvalue weighted by molar-refractivity contribution is -0.142. The second-order valence-electron chi connectivity index (χ2n) is 5.27. The minimum Gasteiger partial charge on any atom is -0.481 e. The van der Waals surface area contributed by atoms with Gasteiger partial charge in [0.2, 0.25) is 5.91 Å². The number of amides is 1. The van der Waals surface area contributed by atoms with Crippen LogP contribution in [0.1, 0.15) is 46.0 Å². The molecule has 1 aliphatic rings. The van der Waals surface area contributed by atoms with E-state index in [-0.39, 0.29) is 30.4 Å². The molecule has 0 saturated heterocycles. The van der Waals surface area contributed by atoms with E-state index in [2.05, 4.69) is 0 Å². The number of aliphatic hydroxyl groups excluding tert-OH is 1. The third-order valence-corrected chi connectivity index (χ3v) is 4.14.